The van der Waals surface area contributed by atoms with Crippen molar-refractivity contribution in [1.29, 1.82) is 0 Å². The number of benzene rings is 2. The van der Waals surface area contributed by atoms with E-state index in [9.17, 15) is 17.6 Å². The first-order chi connectivity index (χ1) is 16.8. The Bertz CT molecular complexity index is 1490. The van der Waals surface area contributed by atoms with Gasteiger partial charge in [-0.05, 0) is 37.3 Å². The highest BCUT2D eigenvalue weighted by Gasteiger charge is 2.26. The zero-order valence-corrected chi connectivity index (χ0v) is 20.4. The number of ketones is 1. The van der Waals surface area contributed by atoms with Gasteiger partial charge in [0.15, 0.2) is 10.9 Å². The molecule has 0 radical (unpaired) electrons. The van der Waals surface area contributed by atoms with Gasteiger partial charge >= 0.3 is 0 Å². The Morgan fingerprint density at radius 1 is 1.17 bits per heavy atom. The van der Waals surface area contributed by atoms with E-state index in [1.807, 2.05) is 5.38 Å². The molecule has 35 heavy (non-hydrogen) atoms. The third kappa shape index (κ3) is 4.72. The van der Waals surface area contributed by atoms with Crippen LogP contribution in [-0.4, -0.2) is 56.3 Å². The Kier molecular flexibility index (Phi) is 6.41. The SMILES string of the molecule is Cc1c(C(=O)CNc2nc(-c3ccc(S(=O)(=O)N4CCOCC4)cc3)cs2)oc2ccc(F)cc12. The summed E-state index contributed by atoms with van der Waals surface area (Å²) in [5.74, 6) is -0.471. The van der Waals surface area contributed by atoms with Crippen molar-refractivity contribution < 1.29 is 26.8 Å². The van der Waals surface area contributed by atoms with E-state index in [-0.39, 0.29) is 28.8 Å². The number of hydrogen-bond acceptors (Lipinski definition) is 8. The molecular formula is C24H22FN3O5S2. The normalized spacial score (nSPS) is 14.9. The number of thiazole rings is 1. The minimum absolute atomic E-state index is 0.0349. The lowest BCUT2D eigenvalue weighted by molar-refractivity contribution is 0.0730. The number of halogens is 1. The lowest BCUT2D eigenvalue weighted by Crippen LogP contribution is -2.40. The van der Waals surface area contributed by atoms with Crippen LogP contribution in [0.4, 0.5) is 9.52 Å². The molecule has 3 heterocycles. The van der Waals surface area contributed by atoms with E-state index in [1.54, 1.807) is 31.2 Å². The predicted molar refractivity (Wildman–Crippen MR) is 131 cm³/mol. The lowest BCUT2D eigenvalue weighted by Gasteiger charge is -2.26. The van der Waals surface area contributed by atoms with E-state index in [0.29, 0.717) is 53.7 Å². The number of anilines is 1. The molecule has 0 bridgehead atoms. The van der Waals surface area contributed by atoms with Crippen LogP contribution in [0.1, 0.15) is 16.1 Å². The summed E-state index contributed by atoms with van der Waals surface area (Å²) in [7, 11) is -3.56. The molecule has 1 aliphatic rings. The summed E-state index contributed by atoms with van der Waals surface area (Å²) in [6.07, 6.45) is 0. The molecule has 1 aliphatic heterocycles. The van der Waals surface area contributed by atoms with Gasteiger partial charge in [-0.2, -0.15) is 4.31 Å². The number of nitrogens with zero attached hydrogens (tertiary/aromatic N) is 2. The van der Waals surface area contributed by atoms with Crippen LogP contribution in [0, 0.1) is 12.7 Å². The third-order valence-electron chi connectivity index (χ3n) is 5.81. The van der Waals surface area contributed by atoms with Crippen LogP contribution in [0.15, 0.2) is 57.2 Å². The molecule has 0 spiro atoms. The predicted octanol–water partition coefficient (Wildman–Crippen LogP) is 4.32. The summed E-state index contributed by atoms with van der Waals surface area (Å²) in [6.45, 7) is 3.16. The summed E-state index contributed by atoms with van der Waals surface area (Å²) in [6, 6.07) is 10.7. The van der Waals surface area contributed by atoms with Gasteiger partial charge in [-0.3, -0.25) is 4.79 Å². The molecule has 1 saturated heterocycles. The summed E-state index contributed by atoms with van der Waals surface area (Å²) in [5, 5.41) is 5.94. The fourth-order valence-corrected chi connectivity index (χ4v) is 6.04. The number of fused-ring (bicyclic) bond motifs is 1. The van der Waals surface area contributed by atoms with Gasteiger partial charge in [-0.1, -0.05) is 12.1 Å². The number of morpholine rings is 1. The van der Waals surface area contributed by atoms with Crippen LogP contribution in [0.25, 0.3) is 22.2 Å². The van der Waals surface area contributed by atoms with Gasteiger partial charge in [0.1, 0.15) is 11.4 Å². The standard InChI is InChI=1S/C24H22FN3O5S2/c1-15-19-12-17(25)4-7-22(19)33-23(15)21(29)13-26-24-27-20(14-34-24)16-2-5-18(6-3-16)35(30,31)28-8-10-32-11-9-28/h2-7,12,14H,8-11,13H2,1H3,(H,26,27). The van der Waals surface area contributed by atoms with Crippen LogP contribution in [0.5, 0.6) is 0 Å². The molecule has 11 heteroatoms. The number of hydrogen-bond donors (Lipinski definition) is 1. The van der Waals surface area contributed by atoms with Gasteiger partial charge in [0.05, 0.1) is 30.3 Å². The van der Waals surface area contributed by atoms with Crippen molar-refractivity contribution in [1.82, 2.24) is 9.29 Å². The quantitative estimate of drug-likeness (QED) is 0.366. The maximum absolute atomic E-state index is 13.5. The van der Waals surface area contributed by atoms with E-state index in [1.165, 1.54) is 33.8 Å². The van der Waals surface area contributed by atoms with Gasteiger partial charge in [-0.15, -0.1) is 11.3 Å². The Hall–Kier alpha value is -3.12. The Morgan fingerprint density at radius 2 is 1.91 bits per heavy atom. The topological polar surface area (TPSA) is 102 Å². The zero-order valence-electron chi connectivity index (χ0n) is 18.8. The molecule has 0 aliphatic carbocycles. The lowest BCUT2D eigenvalue weighted by atomic mass is 10.1. The average Bonchev–Trinajstić information content (AvgIpc) is 3.48. The average molecular weight is 516 g/mol. The van der Waals surface area contributed by atoms with Crippen molar-refractivity contribution >= 4 is 43.2 Å². The monoisotopic (exact) mass is 515 g/mol. The van der Waals surface area contributed by atoms with Gasteiger partial charge < -0.3 is 14.5 Å². The van der Waals surface area contributed by atoms with Crippen molar-refractivity contribution in [2.75, 3.05) is 38.2 Å². The first kappa shape index (κ1) is 23.6. The van der Waals surface area contributed by atoms with Crippen molar-refractivity contribution in [3.05, 3.63) is 65.0 Å². The van der Waals surface area contributed by atoms with E-state index in [0.717, 1.165) is 5.56 Å². The molecule has 2 aromatic heterocycles. The number of sulfonamides is 1. The molecule has 8 nitrogen and oxygen atoms in total. The van der Waals surface area contributed by atoms with E-state index >= 15 is 0 Å². The van der Waals surface area contributed by atoms with Gasteiger partial charge in [-0.25, -0.2) is 17.8 Å². The molecule has 0 amide bonds. The fourth-order valence-electron chi connectivity index (χ4n) is 3.92. The molecule has 0 saturated carbocycles. The Balaban J connectivity index is 1.26. The number of aromatic nitrogens is 1. The van der Waals surface area contributed by atoms with Gasteiger partial charge in [0, 0.05) is 35.0 Å². The van der Waals surface area contributed by atoms with Crippen LogP contribution in [0.2, 0.25) is 0 Å². The van der Waals surface area contributed by atoms with E-state index < -0.39 is 10.0 Å². The van der Waals surface area contributed by atoms with Crippen molar-refractivity contribution in [2.45, 2.75) is 11.8 Å². The second-order valence-electron chi connectivity index (χ2n) is 8.05. The number of carbonyl (C=O) groups excluding carboxylic acids is 1. The molecule has 5 rings (SSSR count). The molecule has 0 unspecified atom stereocenters. The first-order valence-corrected chi connectivity index (χ1v) is 13.2. The number of Topliss-reactive ketones (excluding diaryl/α,β-unsaturated/α-hetero) is 1. The van der Waals surface area contributed by atoms with E-state index in [2.05, 4.69) is 10.3 Å². The molecule has 4 aromatic rings. The van der Waals surface area contributed by atoms with Crippen LogP contribution in [0.3, 0.4) is 0 Å². The minimum atomic E-state index is -3.56. The molecular weight excluding hydrogens is 493 g/mol. The molecule has 0 atom stereocenters. The van der Waals surface area contributed by atoms with Crippen LogP contribution in [-0.2, 0) is 14.8 Å². The number of carbonyl (C=O) groups is 1. The highest BCUT2D eigenvalue weighted by atomic mass is 32.2. The second-order valence-corrected chi connectivity index (χ2v) is 10.8. The Morgan fingerprint density at radius 3 is 2.66 bits per heavy atom. The molecule has 1 fully saturated rings. The molecule has 1 N–H and O–H groups in total. The van der Waals surface area contributed by atoms with Crippen LogP contribution < -0.4 is 5.32 Å². The molecule has 2 aromatic carbocycles. The summed E-state index contributed by atoms with van der Waals surface area (Å²) in [4.78, 5) is 17.4. The Labute approximate surface area is 205 Å². The van der Waals surface area contributed by atoms with Crippen LogP contribution >= 0.6 is 11.3 Å². The zero-order chi connectivity index (χ0) is 24.6. The van der Waals surface area contributed by atoms with E-state index in [4.69, 9.17) is 9.15 Å². The van der Waals surface area contributed by atoms with Crippen molar-refractivity contribution in [2.24, 2.45) is 0 Å². The van der Waals surface area contributed by atoms with Crippen molar-refractivity contribution in [3.63, 3.8) is 0 Å². The highest BCUT2D eigenvalue weighted by molar-refractivity contribution is 7.89. The number of nitrogens with one attached hydrogen (secondary N) is 1. The maximum atomic E-state index is 13.5. The number of aryl methyl sites for hydroxylation is 1. The minimum Gasteiger partial charge on any atom is -0.453 e. The smallest absolute Gasteiger partial charge is 0.243 e. The summed E-state index contributed by atoms with van der Waals surface area (Å²) >= 11 is 1.33. The molecule has 182 valence electrons. The summed E-state index contributed by atoms with van der Waals surface area (Å²) < 4.78 is 51.4. The number of rotatable bonds is 7. The number of furan rings is 1. The largest absolute Gasteiger partial charge is 0.453 e. The van der Waals surface area contributed by atoms with Gasteiger partial charge in [0.2, 0.25) is 15.8 Å². The maximum Gasteiger partial charge on any atom is 0.243 e. The highest BCUT2D eigenvalue weighted by Crippen LogP contribution is 2.28. The van der Waals surface area contributed by atoms with Crippen molar-refractivity contribution in [3.8, 4) is 11.3 Å². The number of ether oxygens (including phenoxy) is 1. The summed E-state index contributed by atoms with van der Waals surface area (Å²) in [5.41, 5.74) is 2.48. The third-order valence-corrected chi connectivity index (χ3v) is 8.53. The second kappa shape index (κ2) is 9.50. The van der Waals surface area contributed by atoms with Gasteiger partial charge in [0.25, 0.3) is 0 Å². The fraction of sp³-hybridized carbons (Fsp3) is 0.250. The first-order valence-electron chi connectivity index (χ1n) is 10.9.